The summed E-state index contributed by atoms with van der Waals surface area (Å²) in [7, 11) is 0. The molecule has 2 aliphatic heterocycles. The third-order valence-electron chi connectivity index (χ3n) is 13.7. The van der Waals surface area contributed by atoms with E-state index < -0.39 is 0 Å². The second kappa shape index (κ2) is 9.66. The molecule has 4 saturated carbocycles. The van der Waals surface area contributed by atoms with E-state index in [-0.39, 0.29) is 24.5 Å². The monoisotopic (exact) mass is 547 g/mol. The molecule has 1 saturated heterocycles. The fourth-order valence-electron chi connectivity index (χ4n) is 11.6. The van der Waals surface area contributed by atoms with Crippen LogP contribution in [0, 0.1) is 52.3 Å². The number of imide groups is 1. The lowest BCUT2D eigenvalue weighted by molar-refractivity contribution is -0.121. The van der Waals surface area contributed by atoms with Crippen molar-refractivity contribution in [3.63, 3.8) is 0 Å². The van der Waals surface area contributed by atoms with E-state index in [9.17, 15) is 14.7 Å². The molecule has 1 aromatic carbocycles. The van der Waals surface area contributed by atoms with Crippen molar-refractivity contribution < 1.29 is 19.4 Å². The number of carbonyl (C=O) groups excluding carboxylic acids is 2. The van der Waals surface area contributed by atoms with Gasteiger partial charge < -0.3 is 9.84 Å². The first kappa shape index (κ1) is 27.1. The van der Waals surface area contributed by atoms with Crippen LogP contribution in [0.5, 0.6) is 0 Å². The van der Waals surface area contributed by atoms with Crippen LogP contribution in [-0.2, 0) is 4.74 Å². The van der Waals surface area contributed by atoms with Crippen molar-refractivity contribution in [2.45, 2.75) is 110 Å². The molecule has 7 rings (SSSR count). The Hall–Kier alpha value is -1.72. The molecule has 218 valence electrons. The molecule has 2 heterocycles. The predicted octanol–water partition coefficient (Wildman–Crippen LogP) is 6.73. The van der Waals surface area contributed by atoms with Crippen LogP contribution in [0.15, 0.2) is 24.3 Å². The van der Waals surface area contributed by atoms with Gasteiger partial charge in [-0.3, -0.25) is 14.5 Å². The minimum atomic E-state index is -0.0768. The lowest BCUT2D eigenvalue weighted by atomic mass is 9.44. The average molecular weight is 548 g/mol. The van der Waals surface area contributed by atoms with Crippen molar-refractivity contribution in [2.24, 2.45) is 52.3 Å². The number of carbonyl (C=O) groups is 2. The van der Waals surface area contributed by atoms with Crippen molar-refractivity contribution in [1.29, 1.82) is 0 Å². The second-order valence-electron chi connectivity index (χ2n) is 15.4. The van der Waals surface area contributed by atoms with Crippen LogP contribution in [0.4, 0.5) is 0 Å². The van der Waals surface area contributed by atoms with E-state index in [2.05, 4.69) is 27.7 Å². The summed E-state index contributed by atoms with van der Waals surface area (Å²) in [6.45, 7) is 10.1. The number of benzene rings is 1. The van der Waals surface area contributed by atoms with Gasteiger partial charge in [0.25, 0.3) is 11.8 Å². The fraction of sp³-hybridized carbons (Fsp3) is 0.771. The highest BCUT2D eigenvalue weighted by Gasteiger charge is 2.66. The van der Waals surface area contributed by atoms with Crippen molar-refractivity contribution >= 4 is 11.8 Å². The molecule has 0 bridgehead atoms. The number of fused-ring (bicyclic) bond motifs is 8. The summed E-state index contributed by atoms with van der Waals surface area (Å²) >= 11 is 0. The number of nitrogens with zero attached hydrogens (tertiary/aromatic N) is 1. The molecule has 0 spiro atoms. The number of ether oxygens (including phenoxy) is 1. The maximum atomic E-state index is 13.3. The molecule has 40 heavy (non-hydrogen) atoms. The summed E-state index contributed by atoms with van der Waals surface area (Å²) in [5.41, 5.74) is 1.87. The van der Waals surface area contributed by atoms with Gasteiger partial charge in [0.2, 0.25) is 0 Å². The fourth-order valence-corrected chi connectivity index (χ4v) is 11.6. The molecular weight excluding hydrogens is 498 g/mol. The lowest BCUT2D eigenvalue weighted by Gasteiger charge is -2.61. The Bertz CT molecular complexity index is 1150. The van der Waals surface area contributed by atoms with Crippen molar-refractivity contribution in [3.8, 4) is 0 Å². The Kier molecular flexibility index (Phi) is 6.55. The van der Waals surface area contributed by atoms with Crippen LogP contribution in [0.25, 0.3) is 0 Å². The molecule has 3 unspecified atom stereocenters. The van der Waals surface area contributed by atoms with Gasteiger partial charge in [-0.05, 0) is 129 Å². The van der Waals surface area contributed by atoms with Gasteiger partial charge in [0.1, 0.15) is 0 Å². The third-order valence-corrected chi connectivity index (χ3v) is 13.7. The summed E-state index contributed by atoms with van der Waals surface area (Å²) in [6.07, 6.45) is 12.4. The first-order valence-electron chi connectivity index (χ1n) is 16.4. The van der Waals surface area contributed by atoms with Gasteiger partial charge in [-0.25, -0.2) is 0 Å². The number of amides is 2. The van der Waals surface area contributed by atoms with Crippen molar-refractivity contribution in [3.05, 3.63) is 35.4 Å². The Morgan fingerprint density at radius 2 is 1.68 bits per heavy atom. The molecule has 0 radical (unpaired) electrons. The van der Waals surface area contributed by atoms with Crippen LogP contribution in [0.3, 0.4) is 0 Å². The zero-order chi connectivity index (χ0) is 28.0. The average Bonchev–Trinajstić information content (AvgIpc) is 3.53. The van der Waals surface area contributed by atoms with Crippen LogP contribution in [-0.4, -0.2) is 46.7 Å². The number of hydrogen-bond donors (Lipinski definition) is 1. The van der Waals surface area contributed by atoms with Crippen LogP contribution < -0.4 is 0 Å². The third kappa shape index (κ3) is 3.78. The summed E-state index contributed by atoms with van der Waals surface area (Å²) in [4.78, 5) is 28.1. The maximum Gasteiger partial charge on any atom is 0.261 e. The number of aliphatic hydroxyl groups excluding tert-OH is 1. The van der Waals surface area contributed by atoms with Gasteiger partial charge in [-0.15, -0.1) is 0 Å². The van der Waals surface area contributed by atoms with Gasteiger partial charge in [0.15, 0.2) is 0 Å². The van der Waals surface area contributed by atoms with Gasteiger partial charge in [0, 0.05) is 12.6 Å². The van der Waals surface area contributed by atoms with Crippen molar-refractivity contribution in [2.75, 3.05) is 6.61 Å². The van der Waals surface area contributed by atoms with E-state index >= 15 is 0 Å². The molecule has 5 heteroatoms. The van der Waals surface area contributed by atoms with Gasteiger partial charge in [0.05, 0.1) is 23.3 Å². The summed E-state index contributed by atoms with van der Waals surface area (Å²) in [6, 6.07) is 7.40. The molecule has 4 aliphatic carbocycles. The Morgan fingerprint density at radius 1 is 0.975 bits per heavy atom. The largest absolute Gasteiger partial charge is 0.396 e. The molecule has 0 aromatic heterocycles. The zero-order valence-corrected chi connectivity index (χ0v) is 25.0. The molecule has 6 aliphatic rings. The molecule has 12 atom stereocenters. The first-order chi connectivity index (χ1) is 19.2. The number of aliphatic hydroxyl groups is 1. The Morgan fingerprint density at radius 3 is 2.38 bits per heavy atom. The topological polar surface area (TPSA) is 66.8 Å². The van der Waals surface area contributed by atoms with E-state index in [1.54, 1.807) is 4.90 Å². The molecule has 5 nitrogen and oxygen atoms in total. The van der Waals surface area contributed by atoms with E-state index in [4.69, 9.17) is 4.74 Å². The zero-order valence-electron chi connectivity index (χ0n) is 25.0. The van der Waals surface area contributed by atoms with Crippen LogP contribution >= 0.6 is 0 Å². The number of hydrogen-bond acceptors (Lipinski definition) is 4. The van der Waals surface area contributed by atoms with E-state index in [1.165, 1.54) is 32.1 Å². The maximum absolute atomic E-state index is 13.3. The summed E-state index contributed by atoms with van der Waals surface area (Å²) in [5, 5.41) is 9.50. The van der Waals surface area contributed by atoms with Gasteiger partial charge in [-0.1, -0.05) is 39.8 Å². The van der Waals surface area contributed by atoms with Crippen molar-refractivity contribution in [1.82, 2.24) is 4.90 Å². The highest BCUT2D eigenvalue weighted by molar-refractivity contribution is 6.21. The van der Waals surface area contributed by atoms with Crippen LogP contribution in [0.2, 0.25) is 0 Å². The summed E-state index contributed by atoms with van der Waals surface area (Å²) < 4.78 is 6.83. The van der Waals surface area contributed by atoms with E-state index in [0.717, 1.165) is 49.9 Å². The Balaban J connectivity index is 1.05. The SMILES string of the molecule is C[C@H](CO)CC[C@H]1OC2CC3[C@@H]4CC[C@@H]5C[C@H](N6C(=O)c7ccccc7C6=O)CC[C@]5(C)C4CC[C@]3(C)[C@H]2[C@@H]1C. The highest BCUT2D eigenvalue weighted by Crippen LogP contribution is 2.70. The molecule has 2 amide bonds. The standard InChI is InChI=1S/C35H49NO4/c1-20(19-37)9-12-29-21(2)31-30(40-29)18-28-26-11-10-22-17-23(13-15-34(22,3)27(26)14-16-35(28,31)4)36-32(38)24-7-5-6-8-25(24)33(36)39/h5-8,20-23,26-31,37H,9-19H2,1-4H3/t20-,21+,22+,23+,26+,27?,28?,29+,30?,31-,34-,35-/m0/s1. The first-order valence-corrected chi connectivity index (χ1v) is 16.4. The molecule has 5 fully saturated rings. The normalized spacial score (nSPS) is 46.4. The Labute approximate surface area is 240 Å². The quantitative estimate of drug-likeness (QED) is 0.415. The highest BCUT2D eigenvalue weighted by atomic mass is 16.5. The van der Waals surface area contributed by atoms with E-state index in [1.807, 2.05) is 24.3 Å². The minimum Gasteiger partial charge on any atom is -0.396 e. The molecular formula is C35H49NO4. The number of rotatable bonds is 5. The van der Waals surface area contributed by atoms with E-state index in [0.29, 0.717) is 57.8 Å². The van der Waals surface area contributed by atoms with Gasteiger partial charge >= 0.3 is 0 Å². The minimum absolute atomic E-state index is 0.0430. The van der Waals surface area contributed by atoms with Gasteiger partial charge in [-0.2, -0.15) is 0 Å². The van der Waals surface area contributed by atoms with Crippen LogP contribution in [0.1, 0.15) is 113 Å². The smallest absolute Gasteiger partial charge is 0.261 e. The predicted molar refractivity (Wildman–Crippen MR) is 155 cm³/mol. The molecule has 1 N–H and O–H groups in total. The lowest BCUT2D eigenvalue weighted by Crippen LogP contribution is -2.56. The molecule has 1 aromatic rings. The summed E-state index contributed by atoms with van der Waals surface area (Å²) in [5.74, 6) is 4.36. The second-order valence-corrected chi connectivity index (χ2v) is 15.4.